The van der Waals surface area contributed by atoms with Crippen LogP contribution >= 0.6 is 24.4 Å². The van der Waals surface area contributed by atoms with Gasteiger partial charge in [0.05, 0.1) is 11.5 Å². The largest absolute Gasteiger partial charge is 0.480 e. The van der Waals surface area contributed by atoms with E-state index >= 15 is 0 Å². The van der Waals surface area contributed by atoms with E-state index in [0.29, 0.717) is 0 Å². The van der Waals surface area contributed by atoms with Gasteiger partial charge in [0, 0.05) is 0 Å². The first-order valence-electron chi connectivity index (χ1n) is 6.01. The third-order valence-electron chi connectivity index (χ3n) is 3.91. The molecule has 2 fully saturated rings. The van der Waals surface area contributed by atoms with Crippen molar-refractivity contribution in [3.63, 3.8) is 0 Å². The van der Waals surface area contributed by atoms with Gasteiger partial charge in [-0.1, -0.05) is 6.08 Å². The first-order chi connectivity index (χ1) is 9.28. The van der Waals surface area contributed by atoms with Crippen molar-refractivity contribution in [1.82, 2.24) is 4.90 Å². The zero-order chi connectivity index (χ0) is 15.2. The lowest BCUT2D eigenvalue weighted by Crippen LogP contribution is -2.72. The number of thiol groups is 1. The fourth-order valence-corrected chi connectivity index (χ4v) is 4.99. The van der Waals surface area contributed by atoms with E-state index in [4.69, 9.17) is 0 Å². The third-order valence-corrected chi connectivity index (χ3v) is 6.04. The van der Waals surface area contributed by atoms with Crippen molar-refractivity contribution in [3.8, 4) is 0 Å². The highest BCUT2D eigenvalue weighted by atomic mass is 32.2. The highest BCUT2D eigenvalue weighted by Gasteiger charge is 2.71. The lowest BCUT2D eigenvalue weighted by Gasteiger charge is -2.54. The number of carbonyl (C=O) groups is 3. The van der Waals surface area contributed by atoms with Gasteiger partial charge < -0.3 is 15.1 Å². The van der Waals surface area contributed by atoms with Crippen molar-refractivity contribution in [1.29, 1.82) is 0 Å². The second kappa shape index (κ2) is 5.09. The molecule has 5 atom stereocenters. The summed E-state index contributed by atoms with van der Waals surface area (Å²) in [6.45, 7) is 5.07. The Balaban J connectivity index is 2.40. The molecule has 8 heteroatoms. The normalized spacial score (nSPS) is 37.0. The minimum atomic E-state index is -1.24. The molecule has 110 valence electrons. The molecule has 0 spiro atoms. The summed E-state index contributed by atoms with van der Waals surface area (Å²) in [4.78, 5) is 36.4. The van der Waals surface area contributed by atoms with Gasteiger partial charge in [0.25, 0.3) is 0 Å². The molecule has 3 unspecified atom stereocenters. The summed E-state index contributed by atoms with van der Waals surface area (Å²) in [5, 5.41) is 17.1. The summed E-state index contributed by atoms with van der Waals surface area (Å²) < 4.78 is 0. The van der Waals surface area contributed by atoms with E-state index in [9.17, 15) is 24.6 Å². The van der Waals surface area contributed by atoms with Gasteiger partial charge in [-0.2, -0.15) is 0 Å². The number of rotatable bonds is 5. The third kappa shape index (κ3) is 1.82. The van der Waals surface area contributed by atoms with Gasteiger partial charge >= 0.3 is 5.97 Å². The standard InChI is InChI=1S/C12H15NO5S2/c1-3-4-12(5(2)14)10(18)13-6(8(15)16)7(9(17)19)20-11(12)13/h3,5-7,11,14H,1,4H2,2H3,(H,15,16)(H,17,19)/t5?,6?,7?,11-,12-/m0/s1. The molecule has 2 aliphatic heterocycles. The Bertz CT molecular complexity index is 494. The number of β-lactam (4-membered cyclic amide) rings is 1. The molecule has 0 aromatic rings. The Morgan fingerprint density at radius 1 is 1.65 bits per heavy atom. The van der Waals surface area contributed by atoms with Crippen molar-refractivity contribution in [3.05, 3.63) is 12.7 Å². The monoisotopic (exact) mass is 317 g/mol. The first kappa shape index (κ1) is 15.4. The summed E-state index contributed by atoms with van der Waals surface area (Å²) in [6.07, 6.45) is 0.802. The van der Waals surface area contributed by atoms with Gasteiger partial charge in [-0.3, -0.25) is 9.59 Å². The number of aliphatic hydroxyl groups is 1. The van der Waals surface area contributed by atoms with Crippen LogP contribution in [0.25, 0.3) is 0 Å². The average molecular weight is 317 g/mol. The molecule has 2 heterocycles. The highest BCUT2D eigenvalue weighted by Crippen LogP contribution is 2.58. The molecule has 1 amide bonds. The Morgan fingerprint density at radius 2 is 2.25 bits per heavy atom. The number of aliphatic carboxylic acids is 1. The Labute approximate surface area is 125 Å². The number of allylic oxidation sites excluding steroid dienone is 1. The SMILES string of the molecule is C=CC[C@]1(C(C)O)C(=O)N2C(C(=O)O)C(C(=O)S)S[C@H]21. The maximum atomic E-state index is 12.4. The number of carbonyl (C=O) groups excluding carboxylic acids is 2. The van der Waals surface area contributed by atoms with E-state index in [2.05, 4.69) is 19.2 Å². The van der Waals surface area contributed by atoms with Crippen LogP contribution in [0.15, 0.2) is 12.7 Å². The molecule has 2 N–H and O–H groups in total. The molecule has 0 bridgehead atoms. The first-order valence-corrected chi connectivity index (χ1v) is 7.40. The quantitative estimate of drug-likeness (QED) is 0.379. The van der Waals surface area contributed by atoms with E-state index in [0.717, 1.165) is 11.8 Å². The Morgan fingerprint density at radius 3 is 2.65 bits per heavy atom. The van der Waals surface area contributed by atoms with Gasteiger partial charge in [-0.25, -0.2) is 4.79 Å². The lowest BCUT2D eigenvalue weighted by atomic mass is 9.70. The molecule has 0 saturated carbocycles. The van der Waals surface area contributed by atoms with Crippen LogP contribution in [0, 0.1) is 5.41 Å². The van der Waals surface area contributed by atoms with Gasteiger partial charge in [0.1, 0.15) is 16.7 Å². The van der Waals surface area contributed by atoms with Crippen molar-refractivity contribution >= 4 is 41.4 Å². The summed E-state index contributed by atoms with van der Waals surface area (Å²) in [5.41, 5.74) is -1.10. The molecule has 2 saturated heterocycles. The Hall–Kier alpha value is -0.990. The lowest BCUT2D eigenvalue weighted by molar-refractivity contribution is -0.183. The predicted molar refractivity (Wildman–Crippen MR) is 76.4 cm³/mol. The number of fused-ring (bicyclic) bond motifs is 1. The number of hydrogen-bond acceptors (Lipinski definition) is 5. The number of nitrogens with zero attached hydrogens (tertiary/aromatic N) is 1. The van der Waals surface area contributed by atoms with Crippen LogP contribution < -0.4 is 0 Å². The van der Waals surface area contributed by atoms with Crippen molar-refractivity contribution in [2.75, 3.05) is 0 Å². The zero-order valence-electron chi connectivity index (χ0n) is 10.7. The number of aliphatic hydroxyl groups excluding tert-OH is 1. The summed E-state index contributed by atoms with van der Waals surface area (Å²) in [6, 6.07) is -1.22. The molecule has 20 heavy (non-hydrogen) atoms. The minimum Gasteiger partial charge on any atom is -0.480 e. The molecule has 0 aromatic heterocycles. The number of carboxylic acids is 1. The fraction of sp³-hybridized carbons (Fsp3) is 0.583. The smallest absolute Gasteiger partial charge is 0.328 e. The average Bonchev–Trinajstić information content (AvgIpc) is 2.72. The minimum absolute atomic E-state index is 0.234. The number of amides is 1. The summed E-state index contributed by atoms with van der Waals surface area (Å²) in [7, 11) is 0. The van der Waals surface area contributed by atoms with Crippen molar-refractivity contribution < 1.29 is 24.6 Å². The number of thioether (sulfide) groups is 1. The molecule has 0 aromatic carbocycles. The molecule has 2 rings (SSSR count). The molecule has 0 radical (unpaired) electrons. The van der Waals surface area contributed by atoms with E-state index in [1.165, 1.54) is 17.9 Å². The zero-order valence-corrected chi connectivity index (χ0v) is 12.4. The molecule has 6 nitrogen and oxygen atoms in total. The van der Waals surface area contributed by atoms with Crippen LogP contribution in [0.3, 0.4) is 0 Å². The maximum Gasteiger partial charge on any atom is 0.328 e. The summed E-state index contributed by atoms with van der Waals surface area (Å²) in [5.74, 6) is -1.69. The Kier molecular flexibility index (Phi) is 3.92. The van der Waals surface area contributed by atoms with E-state index in [-0.39, 0.29) is 6.42 Å². The molecule has 0 aliphatic carbocycles. The van der Waals surface area contributed by atoms with Crippen LogP contribution in [0.2, 0.25) is 0 Å². The van der Waals surface area contributed by atoms with Crippen molar-refractivity contribution in [2.24, 2.45) is 5.41 Å². The van der Waals surface area contributed by atoms with Crippen LogP contribution in [0.1, 0.15) is 13.3 Å². The topological polar surface area (TPSA) is 94.9 Å². The van der Waals surface area contributed by atoms with Crippen LogP contribution in [0.4, 0.5) is 0 Å². The van der Waals surface area contributed by atoms with Gasteiger partial charge in [-0.05, 0) is 13.3 Å². The maximum absolute atomic E-state index is 12.4. The predicted octanol–water partition coefficient (Wildman–Crippen LogP) is 0.123. The summed E-state index contributed by atoms with van der Waals surface area (Å²) >= 11 is 4.78. The van der Waals surface area contributed by atoms with E-state index in [1.807, 2.05) is 0 Å². The van der Waals surface area contributed by atoms with Crippen LogP contribution in [0.5, 0.6) is 0 Å². The van der Waals surface area contributed by atoms with Crippen LogP contribution in [-0.2, 0) is 14.4 Å². The molecular weight excluding hydrogens is 302 g/mol. The molecule has 2 aliphatic rings. The second-order valence-electron chi connectivity index (χ2n) is 4.95. The van der Waals surface area contributed by atoms with Crippen molar-refractivity contribution in [2.45, 2.75) is 36.1 Å². The van der Waals surface area contributed by atoms with E-state index < -0.39 is 45.2 Å². The number of carboxylic acid groups (broad SMARTS) is 1. The van der Waals surface area contributed by atoms with E-state index in [1.54, 1.807) is 0 Å². The molecular formula is C12H15NO5S2. The van der Waals surface area contributed by atoms with Crippen LogP contribution in [-0.4, -0.2) is 54.9 Å². The number of hydrogen-bond donors (Lipinski definition) is 3. The van der Waals surface area contributed by atoms with Gasteiger partial charge in [0.15, 0.2) is 0 Å². The van der Waals surface area contributed by atoms with Gasteiger partial charge in [-0.15, -0.1) is 31.0 Å². The van der Waals surface area contributed by atoms with Gasteiger partial charge in [0.2, 0.25) is 11.0 Å². The highest BCUT2D eigenvalue weighted by molar-refractivity contribution is 8.06. The fourth-order valence-electron chi connectivity index (χ4n) is 2.88. The second-order valence-corrected chi connectivity index (χ2v) is 6.62.